The highest BCUT2D eigenvalue weighted by Gasteiger charge is 2.34. The number of hydrogen-bond donors (Lipinski definition) is 0. The summed E-state index contributed by atoms with van der Waals surface area (Å²) < 4.78 is 37.8. The third-order valence-electron chi connectivity index (χ3n) is 5.06. The van der Waals surface area contributed by atoms with E-state index in [9.17, 15) is 4.21 Å². The maximum atomic E-state index is 15.7. The topological polar surface area (TPSA) is 51.6 Å². The lowest BCUT2D eigenvalue weighted by atomic mass is 10.2. The van der Waals surface area contributed by atoms with Gasteiger partial charge in [-0.05, 0) is 48.0 Å². The summed E-state index contributed by atoms with van der Waals surface area (Å²) in [5, 5.41) is 0.776. The van der Waals surface area contributed by atoms with E-state index in [0.717, 1.165) is 23.3 Å². The predicted octanol–water partition coefficient (Wildman–Crippen LogP) is 4.99. The van der Waals surface area contributed by atoms with Crippen LogP contribution in [-0.2, 0) is 15.7 Å². The van der Waals surface area contributed by atoms with Crippen LogP contribution in [0.4, 0.5) is 4.39 Å². The smallest absolute Gasteiger partial charge is 0.150 e. The largest absolute Gasteiger partial charge is 0.384 e. The molecule has 0 spiro atoms. The highest BCUT2D eigenvalue weighted by molar-refractivity contribution is 9.10. The lowest BCUT2D eigenvalue weighted by Gasteiger charge is -2.29. The molecule has 1 heterocycles. The Hall–Kier alpha value is -0.443. The van der Waals surface area contributed by atoms with Crippen molar-refractivity contribution in [1.29, 1.82) is 0 Å². The van der Waals surface area contributed by atoms with Crippen LogP contribution in [0.2, 0.25) is 18.1 Å². The molecule has 0 radical (unpaired) electrons. The van der Waals surface area contributed by atoms with Crippen LogP contribution in [0.5, 0.6) is 0 Å². The van der Waals surface area contributed by atoms with Crippen molar-refractivity contribution in [3.63, 3.8) is 0 Å². The molecule has 0 bridgehead atoms. The summed E-state index contributed by atoms with van der Waals surface area (Å²) in [4.78, 5) is 4.38. The fraction of sp³-hybridized carbons (Fsp3) is 0.684. The van der Waals surface area contributed by atoms with Gasteiger partial charge in [0.05, 0.1) is 25.1 Å². The number of ether oxygens (including phenoxy) is 1. The van der Waals surface area contributed by atoms with Crippen molar-refractivity contribution in [2.24, 2.45) is 4.40 Å². The molecule has 0 aromatic carbocycles. The molecule has 0 aliphatic rings. The molecular formula is C19H32BrFN2O2SSi. The van der Waals surface area contributed by atoms with Gasteiger partial charge in [0, 0.05) is 13.5 Å². The molecular weight excluding hydrogens is 447 g/mol. The van der Waals surface area contributed by atoms with Crippen molar-refractivity contribution in [2.75, 3.05) is 13.7 Å². The van der Waals surface area contributed by atoms with Crippen LogP contribution in [0, 0.1) is 5.82 Å². The van der Waals surface area contributed by atoms with E-state index in [4.69, 9.17) is 4.74 Å². The average molecular weight is 480 g/mol. The Labute approximate surface area is 175 Å². The summed E-state index contributed by atoms with van der Waals surface area (Å²) in [5.74, 6) is -0.309. The molecule has 0 N–H and O–H groups in total. The van der Waals surface area contributed by atoms with Gasteiger partial charge in [-0.25, -0.2) is 13.6 Å². The van der Waals surface area contributed by atoms with Crippen LogP contribution in [0.15, 0.2) is 15.1 Å². The fourth-order valence-corrected chi connectivity index (χ4v) is 7.98. The van der Waals surface area contributed by atoms with Gasteiger partial charge in [0.15, 0.2) is 0 Å². The van der Waals surface area contributed by atoms with Gasteiger partial charge in [0.25, 0.3) is 0 Å². The minimum atomic E-state index is -1.96. The molecule has 0 aliphatic heterocycles. The Kier molecular flexibility index (Phi) is 9.44. The summed E-state index contributed by atoms with van der Waals surface area (Å²) in [6.07, 6.45) is 0.358. The lowest BCUT2D eigenvalue weighted by Crippen LogP contribution is -2.48. The molecule has 0 fully saturated rings. The van der Waals surface area contributed by atoms with E-state index in [-0.39, 0.29) is 11.5 Å². The second-order valence-electron chi connectivity index (χ2n) is 7.64. The first-order chi connectivity index (χ1) is 12.6. The standard InChI is InChI=1S/C19H32BrFN2O2SSi/c1-8-27(9-2,10-3)15-13-16(20)22-18(17(15)21)14(11-12-25-7)23-26(24)19(4,5)6/h13H,8-12H2,1-7H3/b23-14+/t26-/m0/s1. The summed E-state index contributed by atoms with van der Waals surface area (Å²) >= 11 is 3.45. The summed E-state index contributed by atoms with van der Waals surface area (Å²) in [7, 11) is -1.88. The Balaban J connectivity index is 3.65. The van der Waals surface area contributed by atoms with Gasteiger partial charge in [0.1, 0.15) is 27.1 Å². The third kappa shape index (κ3) is 6.02. The van der Waals surface area contributed by atoms with Crippen LogP contribution in [-0.4, -0.2) is 41.4 Å². The quantitative estimate of drug-likeness (QED) is 0.285. The van der Waals surface area contributed by atoms with Gasteiger partial charge in [0.2, 0.25) is 0 Å². The fourth-order valence-electron chi connectivity index (χ4n) is 3.04. The maximum absolute atomic E-state index is 15.7. The minimum absolute atomic E-state index is 0.196. The number of rotatable bonds is 9. The van der Waals surface area contributed by atoms with Crippen molar-refractivity contribution in [3.05, 3.63) is 22.2 Å². The van der Waals surface area contributed by atoms with E-state index in [2.05, 4.69) is 46.1 Å². The van der Waals surface area contributed by atoms with Crippen LogP contribution < -0.4 is 5.19 Å². The van der Waals surface area contributed by atoms with E-state index in [0.29, 0.717) is 23.3 Å². The van der Waals surface area contributed by atoms with Gasteiger partial charge in [-0.3, -0.25) is 0 Å². The monoisotopic (exact) mass is 478 g/mol. The number of halogens is 2. The second kappa shape index (κ2) is 10.4. The van der Waals surface area contributed by atoms with Crippen LogP contribution in [0.1, 0.15) is 53.7 Å². The summed E-state index contributed by atoms with van der Waals surface area (Å²) in [6, 6.07) is 4.72. The number of methoxy groups -OCH3 is 1. The number of hydrogen-bond acceptors (Lipinski definition) is 3. The van der Waals surface area contributed by atoms with Gasteiger partial charge in [-0.2, -0.15) is 4.40 Å². The van der Waals surface area contributed by atoms with E-state index >= 15 is 4.39 Å². The second-order valence-corrected chi connectivity index (χ2v) is 15.6. The lowest BCUT2D eigenvalue weighted by molar-refractivity contribution is 0.207. The Morgan fingerprint density at radius 2 is 1.85 bits per heavy atom. The molecule has 154 valence electrons. The first kappa shape index (κ1) is 24.6. The zero-order chi connectivity index (χ0) is 20.8. The van der Waals surface area contributed by atoms with Crippen molar-refractivity contribution in [1.82, 2.24) is 4.98 Å². The first-order valence-corrected chi connectivity index (χ1v) is 13.9. The Morgan fingerprint density at radius 1 is 1.30 bits per heavy atom. The molecule has 0 saturated heterocycles. The predicted molar refractivity (Wildman–Crippen MR) is 120 cm³/mol. The number of aromatic nitrogens is 1. The molecule has 0 saturated carbocycles. The van der Waals surface area contributed by atoms with Crippen LogP contribution in [0.3, 0.4) is 0 Å². The molecule has 0 amide bonds. The van der Waals surface area contributed by atoms with E-state index in [1.165, 1.54) is 0 Å². The highest BCUT2D eigenvalue weighted by Crippen LogP contribution is 2.25. The molecule has 27 heavy (non-hydrogen) atoms. The van der Waals surface area contributed by atoms with Crippen molar-refractivity contribution < 1.29 is 13.3 Å². The normalized spacial score (nSPS) is 14.5. The molecule has 1 rings (SSSR count). The minimum Gasteiger partial charge on any atom is -0.384 e. The van der Waals surface area contributed by atoms with Crippen molar-refractivity contribution in [3.8, 4) is 0 Å². The van der Waals surface area contributed by atoms with Gasteiger partial charge in [-0.15, -0.1) is 0 Å². The molecule has 4 nitrogen and oxygen atoms in total. The van der Waals surface area contributed by atoms with Crippen molar-refractivity contribution in [2.45, 2.75) is 70.8 Å². The third-order valence-corrected chi connectivity index (χ3v) is 12.5. The average Bonchev–Trinajstić information content (AvgIpc) is 2.62. The summed E-state index contributed by atoms with van der Waals surface area (Å²) in [6.45, 7) is 12.3. The van der Waals surface area contributed by atoms with Gasteiger partial charge in [-0.1, -0.05) is 38.9 Å². The SMILES string of the molecule is CC[Si](CC)(CC)c1cc(Br)nc(/C(CCOC)=N/[S@@](=O)C(C)(C)C)c1F. The van der Waals surface area contributed by atoms with Gasteiger partial charge < -0.3 is 4.74 Å². The zero-order valence-corrected chi connectivity index (χ0v) is 20.9. The van der Waals surface area contributed by atoms with Crippen LogP contribution >= 0.6 is 15.9 Å². The highest BCUT2D eigenvalue weighted by atomic mass is 79.9. The molecule has 0 aliphatic carbocycles. The molecule has 0 unspecified atom stereocenters. The Bertz CT molecular complexity index is 695. The van der Waals surface area contributed by atoms with Crippen molar-refractivity contribution >= 4 is 45.9 Å². The van der Waals surface area contributed by atoms with E-state index in [1.807, 2.05) is 26.8 Å². The number of nitrogens with zero attached hydrogens (tertiary/aromatic N) is 2. The molecule has 1 aromatic rings. The molecule has 8 heteroatoms. The van der Waals surface area contributed by atoms with Gasteiger partial charge >= 0.3 is 0 Å². The first-order valence-electron chi connectivity index (χ1n) is 9.41. The zero-order valence-electron chi connectivity index (χ0n) is 17.5. The summed E-state index contributed by atoms with van der Waals surface area (Å²) in [5.41, 5.74) is 0.595. The maximum Gasteiger partial charge on any atom is 0.150 e. The van der Waals surface area contributed by atoms with E-state index < -0.39 is 23.8 Å². The molecule has 1 atom stereocenters. The van der Waals surface area contributed by atoms with E-state index in [1.54, 1.807) is 7.11 Å². The van der Waals surface area contributed by atoms with Crippen LogP contribution in [0.25, 0.3) is 0 Å². The number of pyridine rings is 1. The molecule has 1 aromatic heterocycles. The Morgan fingerprint density at radius 3 is 2.30 bits per heavy atom.